The number of likely N-dealkylation sites (tertiary alicyclic amines) is 1. The lowest BCUT2D eigenvalue weighted by atomic mass is 9.82. The number of para-hydroxylation sites is 1. The van der Waals surface area contributed by atoms with Crippen molar-refractivity contribution < 1.29 is 9.52 Å². The fourth-order valence-electron chi connectivity index (χ4n) is 3.51. The monoisotopic (exact) mass is 287 g/mol. The van der Waals surface area contributed by atoms with Gasteiger partial charge < -0.3 is 9.52 Å². The number of fused-ring (bicyclic) bond motifs is 1. The highest BCUT2D eigenvalue weighted by Gasteiger charge is 2.35. The normalized spacial score (nSPS) is 20.1. The smallest absolute Gasteiger partial charge is 0.135 e. The molecule has 1 aromatic heterocycles. The minimum Gasteiger partial charge on any atom is -0.458 e. The zero-order chi connectivity index (χ0) is 14.9. The second-order valence-electron chi connectivity index (χ2n) is 6.39. The zero-order valence-electron chi connectivity index (χ0n) is 13.0. The predicted molar refractivity (Wildman–Crippen MR) is 85.2 cm³/mol. The fourth-order valence-corrected chi connectivity index (χ4v) is 3.51. The van der Waals surface area contributed by atoms with Crippen molar-refractivity contribution in [2.75, 3.05) is 19.6 Å². The molecule has 114 valence electrons. The molecule has 1 saturated heterocycles. The van der Waals surface area contributed by atoms with Crippen LogP contribution in [0.5, 0.6) is 0 Å². The first-order valence-corrected chi connectivity index (χ1v) is 8.05. The molecule has 1 aromatic carbocycles. The second kappa shape index (κ2) is 5.82. The van der Waals surface area contributed by atoms with E-state index in [0.717, 1.165) is 24.1 Å². The van der Waals surface area contributed by atoms with Crippen LogP contribution in [0.4, 0.5) is 0 Å². The first-order chi connectivity index (χ1) is 10.2. The van der Waals surface area contributed by atoms with Crippen molar-refractivity contribution >= 4 is 11.0 Å². The van der Waals surface area contributed by atoms with Gasteiger partial charge in [-0.25, -0.2) is 0 Å². The van der Waals surface area contributed by atoms with Crippen molar-refractivity contribution in [3.63, 3.8) is 0 Å². The number of aliphatic hydroxyl groups is 1. The zero-order valence-corrected chi connectivity index (χ0v) is 13.0. The number of hydrogen-bond donors (Lipinski definition) is 1. The average Bonchev–Trinajstić information content (AvgIpc) is 3.11. The summed E-state index contributed by atoms with van der Waals surface area (Å²) < 4.78 is 5.77. The Morgan fingerprint density at radius 2 is 2.05 bits per heavy atom. The minimum absolute atomic E-state index is 0.452. The highest BCUT2D eigenvalue weighted by molar-refractivity contribution is 5.77. The molecule has 3 nitrogen and oxygen atoms in total. The third-order valence-electron chi connectivity index (χ3n) is 5.22. The summed E-state index contributed by atoms with van der Waals surface area (Å²) in [6.45, 7) is 7.41. The van der Waals surface area contributed by atoms with Gasteiger partial charge in [0, 0.05) is 18.5 Å². The lowest BCUT2D eigenvalue weighted by Gasteiger charge is -2.27. The molecular weight excluding hydrogens is 262 g/mol. The quantitative estimate of drug-likeness (QED) is 0.903. The van der Waals surface area contributed by atoms with Crippen LogP contribution < -0.4 is 0 Å². The molecule has 1 aliphatic heterocycles. The summed E-state index contributed by atoms with van der Waals surface area (Å²) in [5.41, 5.74) is 1.30. The number of furan rings is 1. The summed E-state index contributed by atoms with van der Waals surface area (Å²) in [5, 5.41) is 11.5. The Hall–Kier alpha value is -1.32. The van der Waals surface area contributed by atoms with E-state index in [1.54, 1.807) is 0 Å². The standard InChI is InChI=1S/C18H25NO2/c1-3-18(4-2)9-10-19(13-18)12-15(20)17-11-14-7-5-6-8-16(14)21-17/h5-8,11,15,20H,3-4,9-10,12-13H2,1-2H3. The topological polar surface area (TPSA) is 36.6 Å². The van der Waals surface area contributed by atoms with E-state index in [2.05, 4.69) is 18.7 Å². The summed E-state index contributed by atoms with van der Waals surface area (Å²) in [6, 6.07) is 9.87. The average molecular weight is 287 g/mol. The molecule has 0 bridgehead atoms. The Balaban J connectivity index is 1.68. The molecule has 21 heavy (non-hydrogen) atoms. The molecule has 1 N–H and O–H groups in total. The van der Waals surface area contributed by atoms with Crippen LogP contribution in [0.3, 0.4) is 0 Å². The molecule has 0 amide bonds. The molecule has 1 unspecified atom stereocenters. The predicted octanol–water partition coefficient (Wildman–Crippen LogP) is 3.98. The molecule has 1 atom stereocenters. The summed E-state index contributed by atoms with van der Waals surface area (Å²) in [6.07, 6.45) is 3.15. The van der Waals surface area contributed by atoms with E-state index in [0.29, 0.717) is 17.7 Å². The molecule has 3 rings (SSSR count). The Bertz CT molecular complexity index is 567. The van der Waals surface area contributed by atoms with Gasteiger partial charge in [0.05, 0.1) is 0 Å². The molecule has 2 aromatic rings. The van der Waals surface area contributed by atoms with Gasteiger partial charge in [-0.2, -0.15) is 0 Å². The molecule has 0 radical (unpaired) electrons. The van der Waals surface area contributed by atoms with Crippen molar-refractivity contribution in [1.82, 2.24) is 4.90 Å². The maximum atomic E-state index is 10.5. The van der Waals surface area contributed by atoms with Gasteiger partial charge in [0.25, 0.3) is 0 Å². The first-order valence-electron chi connectivity index (χ1n) is 8.05. The van der Waals surface area contributed by atoms with Crippen LogP contribution >= 0.6 is 0 Å². The third kappa shape index (κ3) is 2.85. The van der Waals surface area contributed by atoms with Crippen LogP contribution in [0.15, 0.2) is 34.7 Å². The third-order valence-corrected chi connectivity index (χ3v) is 5.22. The van der Waals surface area contributed by atoms with Gasteiger partial charge in [0.2, 0.25) is 0 Å². The fraction of sp³-hybridized carbons (Fsp3) is 0.556. The highest BCUT2D eigenvalue weighted by Crippen LogP contribution is 2.37. The van der Waals surface area contributed by atoms with Gasteiger partial charge in [0.1, 0.15) is 17.4 Å². The number of hydrogen-bond acceptors (Lipinski definition) is 3. The van der Waals surface area contributed by atoms with Crippen LogP contribution in [-0.4, -0.2) is 29.6 Å². The maximum absolute atomic E-state index is 10.5. The van der Waals surface area contributed by atoms with Gasteiger partial charge in [-0.3, -0.25) is 4.90 Å². The summed E-state index contributed by atoms with van der Waals surface area (Å²) in [5.74, 6) is 0.682. The largest absolute Gasteiger partial charge is 0.458 e. The van der Waals surface area contributed by atoms with Crippen molar-refractivity contribution in [2.24, 2.45) is 5.41 Å². The number of β-amino-alcohol motifs (C(OH)–C–C–N with tert-alkyl or cyclic N) is 1. The molecule has 1 aliphatic rings. The van der Waals surface area contributed by atoms with Crippen molar-refractivity contribution in [2.45, 2.75) is 39.2 Å². The number of benzene rings is 1. The molecule has 1 fully saturated rings. The van der Waals surface area contributed by atoms with Crippen molar-refractivity contribution in [1.29, 1.82) is 0 Å². The van der Waals surface area contributed by atoms with Crippen LogP contribution in [0, 0.1) is 5.41 Å². The Morgan fingerprint density at radius 1 is 1.29 bits per heavy atom. The van der Waals surface area contributed by atoms with E-state index < -0.39 is 6.10 Å². The molecule has 3 heteroatoms. The Kier molecular flexibility index (Phi) is 4.05. The Morgan fingerprint density at radius 3 is 2.71 bits per heavy atom. The minimum atomic E-state index is -0.540. The number of aliphatic hydroxyl groups excluding tert-OH is 1. The van der Waals surface area contributed by atoms with Crippen molar-refractivity contribution in [3.05, 3.63) is 36.1 Å². The van der Waals surface area contributed by atoms with Gasteiger partial charge in [-0.15, -0.1) is 0 Å². The van der Waals surface area contributed by atoms with Crippen molar-refractivity contribution in [3.8, 4) is 0 Å². The van der Waals surface area contributed by atoms with E-state index in [1.807, 2.05) is 30.3 Å². The summed E-state index contributed by atoms with van der Waals surface area (Å²) >= 11 is 0. The van der Waals surface area contributed by atoms with Crippen LogP contribution in [0.2, 0.25) is 0 Å². The lowest BCUT2D eigenvalue weighted by Crippen LogP contribution is -2.29. The molecule has 0 aliphatic carbocycles. The van der Waals surface area contributed by atoms with E-state index in [4.69, 9.17) is 4.42 Å². The lowest BCUT2D eigenvalue weighted by molar-refractivity contribution is 0.0996. The molecule has 2 heterocycles. The van der Waals surface area contributed by atoms with Crippen LogP contribution in [-0.2, 0) is 0 Å². The first kappa shape index (κ1) is 14.6. The Labute approximate surface area is 126 Å². The van der Waals surface area contributed by atoms with Crippen LogP contribution in [0.1, 0.15) is 45.0 Å². The van der Waals surface area contributed by atoms with E-state index in [1.165, 1.54) is 19.3 Å². The SMILES string of the molecule is CCC1(CC)CCN(CC(O)c2cc3ccccc3o2)C1. The molecular formula is C18H25NO2. The van der Waals surface area contributed by atoms with Gasteiger partial charge in [0.15, 0.2) is 0 Å². The van der Waals surface area contributed by atoms with Gasteiger partial charge >= 0.3 is 0 Å². The van der Waals surface area contributed by atoms with Gasteiger partial charge in [-0.1, -0.05) is 32.0 Å². The second-order valence-corrected chi connectivity index (χ2v) is 6.39. The highest BCUT2D eigenvalue weighted by atomic mass is 16.4. The summed E-state index contributed by atoms with van der Waals surface area (Å²) in [4.78, 5) is 2.38. The van der Waals surface area contributed by atoms with E-state index in [-0.39, 0.29) is 0 Å². The van der Waals surface area contributed by atoms with E-state index in [9.17, 15) is 5.11 Å². The molecule has 0 saturated carbocycles. The van der Waals surface area contributed by atoms with Crippen LogP contribution in [0.25, 0.3) is 11.0 Å². The number of rotatable bonds is 5. The number of nitrogens with zero attached hydrogens (tertiary/aromatic N) is 1. The summed E-state index contributed by atoms with van der Waals surface area (Å²) in [7, 11) is 0. The van der Waals surface area contributed by atoms with E-state index >= 15 is 0 Å². The van der Waals surface area contributed by atoms with Gasteiger partial charge in [-0.05, 0) is 43.4 Å². The molecule has 0 spiro atoms. The maximum Gasteiger partial charge on any atom is 0.135 e.